The van der Waals surface area contributed by atoms with Crippen LogP contribution in [0.3, 0.4) is 0 Å². The van der Waals surface area contributed by atoms with Crippen molar-refractivity contribution in [3.63, 3.8) is 0 Å². The van der Waals surface area contributed by atoms with Gasteiger partial charge in [-0.1, -0.05) is 97.1 Å². The van der Waals surface area contributed by atoms with E-state index in [1.807, 2.05) is 36.5 Å². The number of para-hydroxylation sites is 3. The third kappa shape index (κ3) is 3.81. The van der Waals surface area contributed by atoms with Crippen molar-refractivity contribution in [2.75, 3.05) is 0 Å². The van der Waals surface area contributed by atoms with Crippen molar-refractivity contribution in [2.45, 2.75) is 0 Å². The number of aromatic nitrogens is 4. The van der Waals surface area contributed by atoms with Crippen LogP contribution in [0.2, 0.25) is 0 Å². The van der Waals surface area contributed by atoms with Crippen molar-refractivity contribution in [3.05, 3.63) is 146 Å². The average Bonchev–Trinajstić information content (AvgIpc) is 3.39. The molecule has 0 saturated heterocycles. The summed E-state index contributed by atoms with van der Waals surface area (Å²) < 4.78 is 2.29. The Bertz CT molecular complexity index is 2510. The van der Waals surface area contributed by atoms with E-state index in [0.717, 1.165) is 61.2 Å². The fourth-order valence-corrected chi connectivity index (χ4v) is 6.29. The molecule has 0 fully saturated rings. The van der Waals surface area contributed by atoms with Crippen LogP contribution >= 0.6 is 0 Å². The standard InChI is InChI=1S/C39H24N4/c1-2-9-29-24-37-32(22-28(29)8-1)31-11-3-6-14-36(31)43(37)39-38(41-33-12-4-5-13-34(33)42-39)27-18-15-25(16-19-27)30-20-17-26-10-7-21-40-35(26)23-30/h1-24H. The van der Waals surface area contributed by atoms with E-state index in [1.165, 1.54) is 21.5 Å². The van der Waals surface area contributed by atoms with Crippen molar-refractivity contribution in [2.24, 2.45) is 0 Å². The number of nitrogens with zero attached hydrogens (tertiary/aromatic N) is 4. The van der Waals surface area contributed by atoms with Crippen molar-refractivity contribution in [1.82, 2.24) is 19.5 Å². The highest BCUT2D eigenvalue weighted by atomic mass is 15.1. The Kier molecular flexibility index (Phi) is 5.16. The molecule has 0 N–H and O–H groups in total. The second-order valence-corrected chi connectivity index (χ2v) is 10.9. The first-order chi connectivity index (χ1) is 21.3. The van der Waals surface area contributed by atoms with Gasteiger partial charge in [0.2, 0.25) is 0 Å². The summed E-state index contributed by atoms with van der Waals surface area (Å²) in [5.41, 5.74) is 9.09. The van der Waals surface area contributed by atoms with E-state index in [-0.39, 0.29) is 0 Å². The summed E-state index contributed by atoms with van der Waals surface area (Å²) in [4.78, 5) is 15.1. The predicted molar refractivity (Wildman–Crippen MR) is 178 cm³/mol. The lowest BCUT2D eigenvalue weighted by atomic mass is 10.0. The largest absolute Gasteiger partial charge is 0.292 e. The summed E-state index contributed by atoms with van der Waals surface area (Å²) in [6, 6.07) is 48.9. The molecule has 0 spiro atoms. The number of hydrogen-bond donors (Lipinski definition) is 0. The van der Waals surface area contributed by atoms with Gasteiger partial charge in [0.15, 0.2) is 5.82 Å². The molecule has 9 aromatic rings. The first kappa shape index (κ1) is 23.8. The maximum Gasteiger partial charge on any atom is 0.165 e. The molecule has 0 saturated carbocycles. The minimum absolute atomic E-state index is 0.822. The van der Waals surface area contributed by atoms with Crippen LogP contribution in [-0.2, 0) is 0 Å². The van der Waals surface area contributed by atoms with Gasteiger partial charge >= 0.3 is 0 Å². The first-order valence-corrected chi connectivity index (χ1v) is 14.4. The average molecular weight is 549 g/mol. The molecule has 0 unspecified atom stereocenters. The second kappa shape index (κ2) is 9.33. The molecule has 0 aliphatic heterocycles. The Balaban J connectivity index is 1.29. The third-order valence-electron chi connectivity index (χ3n) is 8.40. The molecule has 4 heteroatoms. The number of fused-ring (bicyclic) bond motifs is 6. The van der Waals surface area contributed by atoms with Crippen molar-refractivity contribution < 1.29 is 0 Å². The summed E-state index contributed by atoms with van der Waals surface area (Å²) in [5, 5.41) is 5.96. The Morgan fingerprint density at radius 1 is 0.419 bits per heavy atom. The van der Waals surface area contributed by atoms with Crippen LogP contribution in [-0.4, -0.2) is 19.5 Å². The fraction of sp³-hybridized carbons (Fsp3) is 0. The van der Waals surface area contributed by atoms with Gasteiger partial charge in [0.25, 0.3) is 0 Å². The SMILES string of the molecule is c1ccc2cc3c(cc2c1)c1ccccc1n3-c1nc2ccccc2nc1-c1ccc(-c2ccc3cccnc3c2)cc1. The maximum absolute atomic E-state index is 5.28. The highest BCUT2D eigenvalue weighted by Gasteiger charge is 2.19. The van der Waals surface area contributed by atoms with E-state index < -0.39 is 0 Å². The highest BCUT2D eigenvalue weighted by molar-refractivity contribution is 6.13. The molecule has 0 radical (unpaired) electrons. The minimum Gasteiger partial charge on any atom is -0.292 e. The van der Waals surface area contributed by atoms with Gasteiger partial charge in [-0.2, -0.15) is 0 Å². The molecule has 4 nitrogen and oxygen atoms in total. The van der Waals surface area contributed by atoms with E-state index in [2.05, 4.69) is 119 Å². The summed E-state index contributed by atoms with van der Waals surface area (Å²) >= 11 is 0. The predicted octanol–water partition coefficient (Wildman–Crippen LogP) is 9.76. The van der Waals surface area contributed by atoms with Gasteiger partial charge in [-0.15, -0.1) is 0 Å². The monoisotopic (exact) mass is 548 g/mol. The molecule has 200 valence electrons. The summed E-state index contributed by atoms with van der Waals surface area (Å²) in [6.07, 6.45) is 1.84. The molecule has 0 aliphatic rings. The Hall–Kier alpha value is -5.87. The van der Waals surface area contributed by atoms with E-state index in [0.29, 0.717) is 0 Å². The van der Waals surface area contributed by atoms with Crippen LogP contribution < -0.4 is 0 Å². The smallest absolute Gasteiger partial charge is 0.165 e. The van der Waals surface area contributed by atoms with E-state index >= 15 is 0 Å². The lowest BCUT2D eigenvalue weighted by Crippen LogP contribution is -2.03. The Morgan fingerprint density at radius 2 is 1.09 bits per heavy atom. The number of rotatable bonds is 3. The van der Waals surface area contributed by atoms with E-state index in [9.17, 15) is 0 Å². The molecule has 0 amide bonds. The number of pyridine rings is 1. The van der Waals surface area contributed by atoms with Crippen molar-refractivity contribution in [1.29, 1.82) is 0 Å². The van der Waals surface area contributed by atoms with Gasteiger partial charge in [-0.3, -0.25) is 9.55 Å². The van der Waals surface area contributed by atoms with Crippen molar-refractivity contribution in [3.8, 4) is 28.2 Å². The Labute approximate surface area is 247 Å². The lowest BCUT2D eigenvalue weighted by molar-refractivity contribution is 1.08. The van der Waals surface area contributed by atoms with Crippen LogP contribution in [0, 0.1) is 0 Å². The molecule has 43 heavy (non-hydrogen) atoms. The zero-order valence-electron chi connectivity index (χ0n) is 23.1. The molecule has 3 aromatic heterocycles. The molecule has 9 rings (SSSR count). The van der Waals surface area contributed by atoms with Crippen LogP contribution in [0.25, 0.3) is 82.7 Å². The summed E-state index contributed by atoms with van der Waals surface area (Å²) in [7, 11) is 0. The summed E-state index contributed by atoms with van der Waals surface area (Å²) in [6.45, 7) is 0. The number of benzene rings is 6. The zero-order valence-corrected chi connectivity index (χ0v) is 23.1. The second-order valence-electron chi connectivity index (χ2n) is 10.9. The van der Waals surface area contributed by atoms with Gasteiger partial charge in [0.05, 0.1) is 27.6 Å². The van der Waals surface area contributed by atoms with E-state index in [1.54, 1.807) is 0 Å². The van der Waals surface area contributed by atoms with Gasteiger partial charge in [0, 0.05) is 27.9 Å². The quantitative estimate of drug-likeness (QED) is 0.221. The zero-order chi connectivity index (χ0) is 28.3. The van der Waals surface area contributed by atoms with Crippen molar-refractivity contribution >= 4 is 54.5 Å². The maximum atomic E-state index is 5.28. The summed E-state index contributed by atoms with van der Waals surface area (Å²) in [5.74, 6) is 0.822. The van der Waals surface area contributed by atoms with Gasteiger partial charge < -0.3 is 0 Å². The molecular weight excluding hydrogens is 524 g/mol. The van der Waals surface area contributed by atoms with Gasteiger partial charge in [-0.05, 0) is 64.4 Å². The minimum atomic E-state index is 0.822. The molecule has 0 atom stereocenters. The first-order valence-electron chi connectivity index (χ1n) is 14.4. The van der Waals surface area contributed by atoms with Crippen LogP contribution in [0.15, 0.2) is 146 Å². The van der Waals surface area contributed by atoms with Gasteiger partial charge in [0.1, 0.15) is 5.69 Å². The highest BCUT2D eigenvalue weighted by Crippen LogP contribution is 2.37. The lowest BCUT2D eigenvalue weighted by Gasteiger charge is -2.14. The van der Waals surface area contributed by atoms with Crippen LogP contribution in [0.4, 0.5) is 0 Å². The fourth-order valence-electron chi connectivity index (χ4n) is 6.29. The third-order valence-corrected chi connectivity index (χ3v) is 8.40. The van der Waals surface area contributed by atoms with E-state index in [4.69, 9.17) is 9.97 Å². The molecule has 0 aliphatic carbocycles. The topological polar surface area (TPSA) is 43.6 Å². The molecule has 6 aromatic carbocycles. The van der Waals surface area contributed by atoms with Gasteiger partial charge in [-0.25, -0.2) is 9.97 Å². The van der Waals surface area contributed by atoms with Crippen LogP contribution in [0.5, 0.6) is 0 Å². The molecule has 0 bridgehead atoms. The molecular formula is C39H24N4. The Morgan fingerprint density at radius 3 is 1.95 bits per heavy atom. The molecule has 3 heterocycles. The number of hydrogen-bond acceptors (Lipinski definition) is 3. The normalized spacial score (nSPS) is 11.7. The van der Waals surface area contributed by atoms with Crippen LogP contribution in [0.1, 0.15) is 0 Å².